The summed E-state index contributed by atoms with van der Waals surface area (Å²) in [7, 11) is 0. The fourth-order valence-electron chi connectivity index (χ4n) is 1.28. The summed E-state index contributed by atoms with van der Waals surface area (Å²) in [5.74, 6) is 1.89. The van der Waals surface area contributed by atoms with Gasteiger partial charge in [-0.25, -0.2) is 0 Å². The van der Waals surface area contributed by atoms with Crippen LogP contribution in [-0.2, 0) is 10.6 Å². The zero-order valence-corrected chi connectivity index (χ0v) is 10.7. The molecule has 0 aliphatic heterocycles. The first-order valence-corrected chi connectivity index (χ1v) is 6.12. The second kappa shape index (κ2) is 7.53. The number of hydrogen-bond acceptors (Lipinski definition) is 2. The summed E-state index contributed by atoms with van der Waals surface area (Å²) < 4.78 is 11.0. The lowest BCUT2D eigenvalue weighted by Gasteiger charge is -2.10. The van der Waals surface area contributed by atoms with Crippen LogP contribution in [0.25, 0.3) is 0 Å². The Balaban J connectivity index is 2.26. The largest absolute Gasteiger partial charge is 0.491 e. The maximum Gasteiger partial charge on any atom is 0.123 e. The molecule has 1 rings (SSSR count). The van der Waals surface area contributed by atoms with Crippen LogP contribution in [0.15, 0.2) is 24.3 Å². The first kappa shape index (κ1) is 13.3. The average Bonchev–Trinajstić information content (AvgIpc) is 2.29. The van der Waals surface area contributed by atoms with Crippen LogP contribution in [0.1, 0.15) is 19.4 Å². The molecule has 0 fully saturated rings. The predicted octanol–water partition coefficient (Wildman–Crippen LogP) is 3.48. The molecule has 0 saturated heterocycles. The minimum Gasteiger partial charge on any atom is -0.491 e. The van der Waals surface area contributed by atoms with Gasteiger partial charge in [-0.3, -0.25) is 0 Å². The summed E-state index contributed by atoms with van der Waals surface area (Å²) in [4.78, 5) is 0. The van der Waals surface area contributed by atoms with Crippen molar-refractivity contribution in [2.45, 2.75) is 19.7 Å². The van der Waals surface area contributed by atoms with Gasteiger partial charge in [0.2, 0.25) is 0 Å². The Kier molecular flexibility index (Phi) is 6.27. The van der Waals surface area contributed by atoms with E-state index in [0.29, 0.717) is 25.0 Å². The highest BCUT2D eigenvalue weighted by Crippen LogP contribution is 2.19. The Bertz CT molecular complexity index is 300. The van der Waals surface area contributed by atoms with Crippen LogP contribution in [0.3, 0.4) is 0 Å². The summed E-state index contributed by atoms with van der Waals surface area (Å²) in [6.45, 7) is 6.23. The molecule has 0 heterocycles. The molecule has 0 amide bonds. The molecule has 0 aliphatic rings. The summed E-state index contributed by atoms with van der Waals surface area (Å²) in [6.07, 6.45) is 0. The number of ether oxygens (including phenoxy) is 2. The Labute approximate surface area is 103 Å². The van der Waals surface area contributed by atoms with E-state index in [1.165, 1.54) is 0 Å². The van der Waals surface area contributed by atoms with Crippen molar-refractivity contribution in [1.29, 1.82) is 0 Å². The molecule has 90 valence electrons. The fourth-order valence-corrected chi connectivity index (χ4v) is 1.51. The molecule has 0 radical (unpaired) electrons. The molecule has 0 aromatic heterocycles. The smallest absolute Gasteiger partial charge is 0.123 e. The maximum atomic E-state index is 5.80. The van der Waals surface area contributed by atoms with Gasteiger partial charge in [-0.2, -0.15) is 0 Å². The average molecular weight is 243 g/mol. The lowest BCUT2D eigenvalue weighted by molar-refractivity contribution is 0.0817. The molecule has 0 aliphatic carbocycles. The molecular weight excluding hydrogens is 224 g/mol. The lowest BCUT2D eigenvalue weighted by atomic mass is 10.2. The number of alkyl halides is 1. The topological polar surface area (TPSA) is 18.5 Å². The highest BCUT2D eigenvalue weighted by Gasteiger charge is 2.01. The Morgan fingerprint density at radius 2 is 1.94 bits per heavy atom. The zero-order chi connectivity index (χ0) is 11.8. The van der Waals surface area contributed by atoms with Crippen LogP contribution in [0, 0.1) is 5.92 Å². The number of rotatable bonds is 7. The zero-order valence-electron chi connectivity index (χ0n) is 9.91. The van der Waals surface area contributed by atoms with E-state index in [9.17, 15) is 0 Å². The third-order valence-electron chi connectivity index (χ3n) is 2.05. The van der Waals surface area contributed by atoms with E-state index in [1.54, 1.807) is 0 Å². The van der Waals surface area contributed by atoms with Gasteiger partial charge in [-0.05, 0) is 12.0 Å². The predicted molar refractivity (Wildman–Crippen MR) is 67.2 cm³/mol. The minimum atomic E-state index is 0.475. The van der Waals surface area contributed by atoms with E-state index in [2.05, 4.69) is 13.8 Å². The first-order chi connectivity index (χ1) is 7.74. The Hall–Kier alpha value is -0.730. The molecule has 0 spiro atoms. The van der Waals surface area contributed by atoms with Crippen LogP contribution in [0.2, 0.25) is 0 Å². The number of halogens is 1. The van der Waals surface area contributed by atoms with E-state index in [0.717, 1.165) is 17.9 Å². The SMILES string of the molecule is CC(C)COCCOc1ccccc1CCl. The monoisotopic (exact) mass is 242 g/mol. The van der Waals surface area contributed by atoms with Crippen LogP contribution < -0.4 is 4.74 Å². The molecule has 0 bridgehead atoms. The molecule has 1 aromatic rings. The van der Waals surface area contributed by atoms with Crippen molar-refractivity contribution < 1.29 is 9.47 Å². The molecular formula is C13H19ClO2. The molecule has 0 atom stereocenters. The van der Waals surface area contributed by atoms with Crippen molar-refractivity contribution in [2.75, 3.05) is 19.8 Å². The van der Waals surface area contributed by atoms with E-state index in [1.807, 2.05) is 24.3 Å². The second-order valence-electron chi connectivity index (χ2n) is 4.06. The van der Waals surface area contributed by atoms with E-state index in [-0.39, 0.29) is 0 Å². The third-order valence-corrected chi connectivity index (χ3v) is 2.34. The number of para-hydroxylation sites is 1. The first-order valence-electron chi connectivity index (χ1n) is 5.58. The van der Waals surface area contributed by atoms with Crippen molar-refractivity contribution in [3.8, 4) is 5.75 Å². The highest BCUT2D eigenvalue weighted by atomic mass is 35.5. The molecule has 3 heteroatoms. The van der Waals surface area contributed by atoms with Crippen LogP contribution >= 0.6 is 11.6 Å². The summed E-state index contributed by atoms with van der Waals surface area (Å²) >= 11 is 5.80. The van der Waals surface area contributed by atoms with E-state index >= 15 is 0 Å². The van der Waals surface area contributed by atoms with Crippen molar-refractivity contribution >= 4 is 11.6 Å². The van der Waals surface area contributed by atoms with Gasteiger partial charge >= 0.3 is 0 Å². The van der Waals surface area contributed by atoms with Crippen molar-refractivity contribution in [3.05, 3.63) is 29.8 Å². The van der Waals surface area contributed by atoms with E-state index in [4.69, 9.17) is 21.1 Å². The van der Waals surface area contributed by atoms with Crippen molar-refractivity contribution in [2.24, 2.45) is 5.92 Å². The van der Waals surface area contributed by atoms with Gasteiger partial charge in [0.05, 0.1) is 12.5 Å². The lowest BCUT2D eigenvalue weighted by Crippen LogP contribution is -2.10. The van der Waals surface area contributed by atoms with Gasteiger partial charge < -0.3 is 9.47 Å². The standard InChI is InChI=1S/C13H19ClO2/c1-11(2)10-15-7-8-16-13-6-4-3-5-12(13)9-14/h3-6,11H,7-10H2,1-2H3. The molecule has 0 saturated carbocycles. The second-order valence-corrected chi connectivity index (χ2v) is 4.33. The molecule has 0 N–H and O–H groups in total. The van der Waals surface area contributed by atoms with Crippen LogP contribution in [0.4, 0.5) is 0 Å². The maximum absolute atomic E-state index is 5.80. The van der Waals surface area contributed by atoms with Gasteiger partial charge in [0.1, 0.15) is 12.4 Å². The Morgan fingerprint density at radius 1 is 1.19 bits per heavy atom. The van der Waals surface area contributed by atoms with Gasteiger partial charge in [-0.15, -0.1) is 11.6 Å². The quantitative estimate of drug-likeness (QED) is 0.538. The molecule has 2 nitrogen and oxygen atoms in total. The third kappa shape index (κ3) is 4.86. The van der Waals surface area contributed by atoms with Crippen molar-refractivity contribution in [1.82, 2.24) is 0 Å². The fraction of sp³-hybridized carbons (Fsp3) is 0.538. The van der Waals surface area contributed by atoms with Crippen LogP contribution in [-0.4, -0.2) is 19.8 Å². The van der Waals surface area contributed by atoms with Crippen molar-refractivity contribution in [3.63, 3.8) is 0 Å². The summed E-state index contributed by atoms with van der Waals surface area (Å²) in [6, 6.07) is 7.80. The van der Waals surface area contributed by atoms with Gasteiger partial charge in [0.15, 0.2) is 0 Å². The summed E-state index contributed by atoms with van der Waals surface area (Å²) in [5.41, 5.74) is 1.02. The molecule has 1 aromatic carbocycles. The number of hydrogen-bond donors (Lipinski definition) is 0. The normalized spacial score (nSPS) is 10.8. The molecule has 0 unspecified atom stereocenters. The van der Waals surface area contributed by atoms with Crippen LogP contribution in [0.5, 0.6) is 5.75 Å². The number of benzene rings is 1. The van der Waals surface area contributed by atoms with E-state index < -0.39 is 0 Å². The summed E-state index contributed by atoms with van der Waals surface area (Å²) in [5, 5.41) is 0. The minimum absolute atomic E-state index is 0.475. The van der Waals surface area contributed by atoms with Gasteiger partial charge in [0.25, 0.3) is 0 Å². The highest BCUT2D eigenvalue weighted by molar-refractivity contribution is 6.17. The Morgan fingerprint density at radius 3 is 2.62 bits per heavy atom. The van der Waals surface area contributed by atoms with Gasteiger partial charge in [-0.1, -0.05) is 32.0 Å². The molecule has 16 heavy (non-hydrogen) atoms. The van der Waals surface area contributed by atoms with Gasteiger partial charge in [0, 0.05) is 12.2 Å².